The molecule has 0 radical (unpaired) electrons. The number of benzene rings is 1. The summed E-state index contributed by atoms with van der Waals surface area (Å²) in [6.07, 6.45) is -0.282. The molecule has 0 saturated carbocycles. The van der Waals surface area contributed by atoms with Crippen molar-refractivity contribution in [2.75, 3.05) is 44.4 Å². The number of hydrazone groups is 1. The quantitative estimate of drug-likeness (QED) is 0.795. The Morgan fingerprint density at radius 2 is 2.00 bits per heavy atom. The molecule has 2 heterocycles. The van der Waals surface area contributed by atoms with Gasteiger partial charge in [0.2, 0.25) is 0 Å². The van der Waals surface area contributed by atoms with Gasteiger partial charge < -0.3 is 9.47 Å². The van der Waals surface area contributed by atoms with Crippen molar-refractivity contribution in [3.05, 3.63) is 29.8 Å². The summed E-state index contributed by atoms with van der Waals surface area (Å²) in [5.74, 6) is 0. The van der Waals surface area contributed by atoms with Crippen LogP contribution in [0.4, 0.5) is 10.5 Å². The van der Waals surface area contributed by atoms with Gasteiger partial charge in [-0.05, 0) is 24.6 Å². The fourth-order valence-corrected chi connectivity index (χ4v) is 2.45. The molecule has 1 amide bonds. The standard InChI is InChI=1S/C15H19N3O3/c1-12(16-17-5-8-20-9-6-17)13-3-2-4-14(11-13)18-7-10-21-15(18)19/h2-4,11H,5-10H2,1H3. The molecule has 0 bridgehead atoms. The molecule has 1 aromatic carbocycles. The molecule has 0 unspecified atom stereocenters. The second-order valence-corrected chi connectivity index (χ2v) is 5.07. The number of rotatable bonds is 3. The number of ether oxygens (including phenoxy) is 2. The van der Waals surface area contributed by atoms with Crippen LogP contribution in [0.2, 0.25) is 0 Å². The molecule has 6 nitrogen and oxygen atoms in total. The van der Waals surface area contributed by atoms with Crippen LogP contribution in [0.15, 0.2) is 29.4 Å². The van der Waals surface area contributed by atoms with E-state index in [9.17, 15) is 4.79 Å². The van der Waals surface area contributed by atoms with Crippen molar-refractivity contribution in [1.29, 1.82) is 0 Å². The first kappa shape index (κ1) is 13.9. The van der Waals surface area contributed by atoms with E-state index in [1.54, 1.807) is 4.90 Å². The van der Waals surface area contributed by atoms with Gasteiger partial charge in [-0.1, -0.05) is 12.1 Å². The predicted molar refractivity (Wildman–Crippen MR) is 79.7 cm³/mol. The van der Waals surface area contributed by atoms with E-state index < -0.39 is 0 Å². The van der Waals surface area contributed by atoms with Crippen LogP contribution in [-0.2, 0) is 9.47 Å². The number of carbonyl (C=O) groups excluding carboxylic acids is 1. The minimum Gasteiger partial charge on any atom is -0.447 e. The summed E-state index contributed by atoms with van der Waals surface area (Å²) in [5, 5.41) is 6.65. The van der Waals surface area contributed by atoms with Gasteiger partial charge >= 0.3 is 6.09 Å². The van der Waals surface area contributed by atoms with Crippen LogP contribution >= 0.6 is 0 Å². The zero-order valence-electron chi connectivity index (χ0n) is 12.1. The monoisotopic (exact) mass is 289 g/mol. The first-order chi connectivity index (χ1) is 10.2. The van der Waals surface area contributed by atoms with Gasteiger partial charge in [0.15, 0.2) is 0 Å². The van der Waals surface area contributed by atoms with Crippen molar-refractivity contribution in [3.8, 4) is 0 Å². The molecule has 21 heavy (non-hydrogen) atoms. The summed E-state index contributed by atoms with van der Waals surface area (Å²) < 4.78 is 10.3. The summed E-state index contributed by atoms with van der Waals surface area (Å²) in [7, 11) is 0. The van der Waals surface area contributed by atoms with E-state index in [0.29, 0.717) is 13.2 Å². The fourth-order valence-electron chi connectivity index (χ4n) is 2.45. The lowest BCUT2D eigenvalue weighted by Gasteiger charge is -2.24. The Kier molecular flexibility index (Phi) is 4.06. The van der Waals surface area contributed by atoms with E-state index in [0.717, 1.165) is 43.3 Å². The second-order valence-electron chi connectivity index (χ2n) is 5.07. The summed E-state index contributed by atoms with van der Waals surface area (Å²) in [4.78, 5) is 13.3. The Balaban J connectivity index is 1.78. The fraction of sp³-hybridized carbons (Fsp3) is 0.467. The maximum absolute atomic E-state index is 11.6. The molecule has 1 aromatic rings. The van der Waals surface area contributed by atoms with Gasteiger partial charge in [0.1, 0.15) is 6.61 Å². The highest BCUT2D eigenvalue weighted by Crippen LogP contribution is 2.20. The number of carbonyl (C=O) groups is 1. The molecule has 0 spiro atoms. The Bertz CT molecular complexity index is 553. The molecule has 0 atom stereocenters. The van der Waals surface area contributed by atoms with Gasteiger partial charge in [-0.25, -0.2) is 4.79 Å². The van der Waals surface area contributed by atoms with Crippen LogP contribution in [0.5, 0.6) is 0 Å². The first-order valence-corrected chi connectivity index (χ1v) is 7.17. The van der Waals surface area contributed by atoms with Crippen molar-refractivity contribution < 1.29 is 14.3 Å². The third-order valence-electron chi connectivity index (χ3n) is 3.62. The zero-order valence-corrected chi connectivity index (χ0v) is 12.1. The Labute approximate surface area is 123 Å². The maximum atomic E-state index is 11.6. The van der Waals surface area contributed by atoms with Crippen molar-refractivity contribution >= 4 is 17.5 Å². The molecule has 0 N–H and O–H groups in total. The van der Waals surface area contributed by atoms with Crippen molar-refractivity contribution in [2.24, 2.45) is 5.10 Å². The maximum Gasteiger partial charge on any atom is 0.414 e. The summed E-state index contributed by atoms with van der Waals surface area (Å²) in [5.41, 5.74) is 2.80. The summed E-state index contributed by atoms with van der Waals surface area (Å²) in [6.45, 7) is 6.10. The SMILES string of the molecule is CC(=NN1CCOCC1)c1cccc(N2CCOC2=O)c1. The topological polar surface area (TPSA) is 54.4 Å². The Hall–Kier alpha value is -2.08. The number of nitrogens with zero attached hydrogens (tertiary/aromatic N) is 3. The van der Waals surface area contributed by atoms with Crippen LogP contribution in [-0.4, -0.2) is 56.3 Å². The van der Waals surface area contributed by atoms with E-state index in [1.165, 1.54) is 0 Å². The van der Waals surface area contributed by atoms with Crippen LogP contribution in [0.25, 0.3) is 0 Å². The van der Waals surface area contributed by atoms with Gasteiger partial charge in [0, 0.05) is 5.69 Å². The lowest BCUT2D eigenvalue weighted by Crippen LogP contribution is -2.33. The Morgan fingerprint density at radius 3 is 2.71 bits per heavy atom. The van der Waals surface area contributed by atoms with Gasteiger partial charge in [-0.15, -0.1) is 0 Å². The molecular formula is C15H19N3O3. The molecule has 112 valence electrons. The highest BCUT2D eigenvalue weighted by molar-refractivity contribution is 6.00. The largest absolute Gasteiger partial charge is 0.447 e. The first-order valence-electron chi connectivity index (χ1n) is 7.17. The highest BCUT2D eigenvalue weighted by Gasteiger charge is 2.23. The molecule has 2 saturated heterocycles. The average molecular weight is 289 g/mol. The van der Waals surface area contributed by atoms with Crippen molar-refractivity contribution in [3.63, 3.8) is 0 Å². The summed E-state index contributed by atoms with van der Waals surface area (Å²) in [6, 6.07) is 7.84. The van der Waals surface area contributed by atoms with E-state index in [-0.39, 0.29) is 6.09 Å². The molecule has 2 aliphatic heterocycles. The molecular weight excluding hydrogens is 270 g/mol. The molecule has 0 aliphatic carbocycles. The van der Waals surface area contributed by atoms with Crippen LogP contribution < -0.4 is 4.90 Å². The lowest BCUT2D eigenvalue weighted by molar-refractivity contribution is 0.0393. The van der Waals surface area contributed by atoms with Gasteiger partial charge in [-0.3, -0.25) is 9.91 Å². The third kappa shape index (κ3) is 3.16. The number of amides is 1. The van der Waals surface area contributed by atoms with E-state index in [2.05, 4.69) is 5.10 Å². The predicted octanol–water partition coefficient (Wildman–Crippen LogP) is 1.70. The summed E-state index contributed by atoms with van der Waals surface area (Å²) >= 11 is 0. The molecule has 0 aromatic heterocycles. The van der Waals surface area contributed by atoms with Crippen LogP contribution in [0, 0.1) is 0 Å². The minimum absolute atomic E-state index is 0.282. The van der Waals surface area contributed by atoms with Crippen LogP contribution in [0.1, 0.15) is 12.5 Å². The van der Waals surface area contributed by atoms with Gasteiger partial charge in [-0.2, -0.15) is 5.10 Å². The van der Waals surface area contributed by atoms with E-state index in [1.807, 2.05) is 36.2 Å². The third-order valence-corrected chi connectivity index (χ3v) is 3.62. The lowest BCUT2D eigenvalue weighted by atomic mass is 10.1. The number of hydrogen-bond acceptors (Lipinski definition) is 5. The average Bonchev–Trinajstić information content (AvgIpc) is 2.94. The molecule has 6 heteroatoms. The molecule has 2 aliphatic rings. The smallest absolute Gasteiger partial charge is 0.414 e. The van der Waals surface area contributed by atoms with Crippen molar-refractivity contribution in [2.45, 2.75) is 6.92 Å². The number of hydrogen-bond donors (Lipinski definition) is 0. The van der Waals surface area contributed by atoms with E-state index >= 15 is 0 Å². The van der Waals surface area contributed by atoms with Crippen LogP contribution in [0.3, 0.4) is 0 Å². The highest BCUT2D eigenvalue weighted by atomic mass is 16.6. The van der Waals surface area contributed by atoms with Gasteiger partial charge in [0.05, 0.1) is 38.6 Å². The normalized spacial score (nSPS) is 19.9. The Morgan fingerprint density at radius 1 is 1.19 bits per heavy atom. The molecule has 2 fully saturated rings. The minimum atomic E-state index is -0.282. The zero-order chi connectivity index (χ0) is 14.7. The molecule has 3 rings (SSSR count). The number of anilines is 1. The number of cyclic esters (lactones) is 1. The number of morpholine rings is 1. The van der Waals surface area contributed by atoms with E-state index in [4.69, 9.17) is 9.47 Å². The van der Waals surface area contributed by atoms with Gasteiger partial charge in [0.25, 0.3) is 0 Å². The second kappa shape index (κ2) is 6.13. The van der Waals surface area contributed by atoms with Crippen molar-refractivity contribution in [1.82, 2.24) is 5.01 Å².